The molecule has 3 aromatic rings. The summed E-state index contributed by atoms with van der Waals surface area (Å²) in [5, 5.41) is 3.97. The molecule has 2 aliphatic heterocycles. The van der Waals surface area contributed by atoms with Crippen molar-refractivity contribution in [1.82, 2.24) is 5.43 Å². The maximum atomic E-state index is 12.6. The second-order valence-corrected chi connectivity index (χ2v) is 7.09. The van der Waals surface area contributed by atoms with Gasteiger partial charge in [-0.05, 0) is 42.5 Å². The highest BCUT2D eigenvalue weighted by Crippen LogP contribution is 2.33. The molecule has 2 heterocycles. The smallest absolute Gasteiger partial charge is 0.343 e. The third-order valence-electron chi connectivity index (χ3n) is 4.91. The number of carbonyl (C=O) groups is 2. The Morgan fingerprint density at radius 1 is 0.909 bits per heavy atom. The molecule has 0 radical (unpaired) electrons. The summed E-state index contributed by atoms with van der Waals surface area (Å²) in [4.78, 5) is 25.0. The summed E-state index contributed by atoms with van der Waals surface area (Å²) in [5.74, 6) is 1.39. The average molecular weight is 446 g/mol. The van der Waals surface area contributed by atoms with Gasteiger partial charge in [-0.15, -0.1) is 0 Å². The maximum absolute atomic E-state index is 12.6. The Balaban J connectivity index is 1.23. The van der Waals surface area contributed by atoms with Gasteiger partial charge in [-0.3, -0.25) is 4.79 Å². The lowest BCUT2D eigenvalue weighted by Gasteiger charge is -2.24. The molecule has 1 N–H and O–H groups in total. The van der Waals surface area contributed by atoms with Crippen LogP contribution in [0.3, 0.4) is 0 Å². The number of esters is 1. The summed E-state index contributed by atoms with van der Waals surface area (Å²) < 4.78 is 27.3. The molecule has 0 saturated heterocycles. The summed E-state index contributed by atoms with van der Waals surface area (Å²) in [5.41, 5.74) is 3.24. The Bertz CT molecular complexity index is 1240. The molecule has 2 aliphatic rings. The van der Waals surface area contributed by atoms with Crippen LogP contribution in [0.15, 0.2) is 71.8 Å². The van der Waals surface area contributed by atoms with E-state index in [4.69, 9.17) is 23.7 Å². The van der Waals surface area contributed by atoms with E-state index in [1.807, 2.05) is 6.07 Å². The predicted octanol–water partition coefficient (Wildman–Crippen LogP) is 2.92. The lowest BCUT2D eigenvalue weighted by molar-refractivity contribution is -0.130. The van der Waals surface area contributed by atoms with E-state index < -0.39 is 18.0 Å². The molecule has 0 aliphatic carbocycles. The topological polar surface area (TPSA) is 105 Å². The molecule has 0 aromatic heterocycles. The summed E-state index contributed by atoms with van der Waals surface area (Å²) in [6.45, 7) is 0.186. The molecule has 0 bridgehead atoms. The zero-order chi connectivity index (χ0) is 22.6. The van der Waals surface area contributed by atoms with Crippen molar-refractivity contribution < 1.29 is 33.3 Å². The van der Waals surface area contributed by atoms with Crippen LogP contribution in [-0.2, 0) is 4.79 Å². The molecule has 9 nitrogen and oxygen atoms in total. The van der Waals surface area contributed by atoms with E-state index in [1.54, 1.807) is 60.7 Å². The van der Waals surface area contributed by atoms with Crippen LogP contribution in [0, 0.1) is 0 Å². The molecule has 166 valence electrons. The molecule has 1 amide bonds. The fraction of sp³-hybridized carbons (Fsp3) is 0.125. The number of hydrogen-bond acceptors (Lipinski definition) is 8. The molecular weight excluding hydrogens is 428 g/mol. The fourth-order valence-electron chi connectivity index (χ4n) is 3.25. The van der Waals surface area contributed by atoms with Gasteiger partial charge in [0, 0.05) is 5.56 Å². The highest BCUT2D eigenvalue weighted by atomic mass is 16.7. The summed E-state index contributed by atoms with van der Waals surface area (Å²) >= 11 is 0. The van der Waals surface area contributed by atoms with Crippen LogP contribution in [0.2, 0.25) is 0 Å². The molecule has 0 spiro atoms. The number of carbonyl (C=O) groups excluding carboxylic acids is 2. The number of fused-ring (bicyclic) bond motifs is 2. The van der Waals surface area contributed by atoms with Crippen LogP contribution in [0.4, 0.5) is 0 Å². The fourth-order valence-corrected chi connectivity index (χ4v) is 3.25. The SMILES string of the molecule is O=C(Oc1ccccc1/C=N\NC(=O)C1COc2ccccc2O1)c1ccc2c(c1)OCO2. The van der Waals surface area contributed by atoms with E-state index in [2.05, 4.69) is 10.5 Å². The van der Waals surface area contributed by atoms with E-state index in [0.29, 0.717) is 34.1 Å². The van der Waals surface area contributed by atoms with Crippen LogP contribution >= 0.6 is 0 Å². The van der Waals surface area contributed by atoms with Crippen LogP contribution in [-0.4, -0.2) is 37.6 Å². The molecule has 1 unspecified atom stereocenters. The standard InChI is InChI=1S/C24H18N2O7/c27-23(22-13-29-18-7-3-4-8-20(18)32-22)26-25-12-16-5-1-2-6-17(16)33-24(28)15-9-10-19-21(11-15)31-14-30-19/h1-12,22H,13-14H2,(H,26,27)/b25-12-. The largest absolute Gasteiger partial charge is 0.485 e. The number of hydrogen-bond donors (Lipinski definition) is 1. The van der Waals surface area contributed by atoms with Crippen LogP contribution in [0.25, 0.3) is 0 Å². The van der Waals surface area contributed by atoms with Crippen molar-refractivity contribution >= 4 is 18.1 Å². The first kappa shape index (κ1) is 20.4. The van der Waals surface area contributed by atoms with E-state index >= 15 is 0 Å². The first-order valence-electron chi connectivity index (χ1n) is 10.1. The second-order valence-electron chi connectivity index (χ2n) is 7.09. The Hall–Kier alpha value is -4.53. The monoisotopic (exact) mass is 446 g/mol. The van der Waals surface area contributed by atoms with Crippen LogP contribution in [0.1, 0.15) is 15.9 Å². The van der Waals surface area contributed by atoms with E-state index in [-0.39, 0.29) is 19.1 Å². The van der Waals surface area contributed by atoms with E-state index in [0.717, 1.165) is 0 Å². The maximum Gasteiger partial charge on any atom is 0.343 e. The van der Waals surface area contributed by atoms with Gasteiger partial charge in [0.25, 0.3) is 5.91 Å². The van der Waals surface area contributed by atoms with Crippen molar-refractivity contribution in [3.8, 4) is 28.7 Å². The highest BCUT2D eigenvalue weighted by molar-refractivity contribution is 5.94. The number of hydrazone groups is 1. The van der Waals surface area contributed by atoms with Crippen LogP contribution < -0.4 is 29.1 Å². The van der Waals surface area contributed by atoms with Gasteiger partial charge in [0.05, 0.1) is 11.8 Å². The average Bonchev–Trinajstić information content (AvgIpc) is 3.32. The van der Waals surface area contributed by atoms with Crippen molar-refractivity contribution in [2.75, 3.05) is 13.4 Å². The summed E-state index contributed by atoms with van der Waals surface area (Å²) in [6, 6.07) is 18.7. The number of nitrogens with zero attached hydrogens (tertiary/aromatic N) is 1. The van der Waals surface area contributed by atoms with Gasteiger partial charge < -0.3 is 23.7 Å². The quantitative estimate of drug-likeness (QED) is 0.278. The second kappa shape index (κ2) is 8.91. The number of nitrogens with one attached hydrogen (secondary N) is 1. The minimum atomic E-state index is -0.837. The van der Waals surface area contributed by atoms with Gasteiger partial charge in [0.2, 0.25) is 12.9 Å². The first-order chi connectivity index (χ1) is 16.2. The lowest BCUT2D eigenvalue weighted by Crippen LogP contribution is -2.42. The van der Waals surface area contributed by atoms with Gasteiger partial charge in [-0.2, -0.15) is 5.10 Å². The van der Waals surface area contributed by atoms with Gasteiger partial charge >= 0.3 is 5.97 Å². The summed E-state index contributed by atoms with van der Waals surface area (Å²) in [6.07, 6.45) is 0.550. The van der Waals surface area contributed by atoms with Crippen molar-refractivity contribution in [3.05, 3.63) is 77.9 Å². The van der Waals surface area contributed by atoms with Gasteiger partial charge in [0.1, 0.15) is 12.4 Å². The number of para-hydroxylation sites is 3. The predicted molar refractivity (Wildman–Crippen MR) is 116 cm³/mol. The summed E-state index contributed by atoms with van der Waals surface area (Å²) in [7, 11) is 0. The Morgan fingerprint density at radius 3 is 2.58 bits per heavy atom. The minimum Gasteiger partial charge on any atom is -0.485 e. The van der Waals surface area contributed by atoms with Crippen LogP contribution in [0.5, 0.6) is 28.7 Å². The molecule has 0 fully saturated rings. The van der Waals surface area contributed by atoms with E-state index in [9.17, 15) is 9.59 Å². The molecule has 9 heteroatoms. The van der Waals surface area contributed by atoms with Crippen molar-refractivity contribution in [1.29, 1.82) is 0 Å². The van der Waals surface area contributed by atoms with E-state index in [1.165, 1.54) is 6.21 Å². The number of ether oxygens (including phenoxy) is 5. The lowest BCUT2D eigenvalue weighted by atomic mass is 10.2. The molecule has 0 saturated carbocycles. The Kier molecular flexibility index (Phi) is 5.50. The van der Waals surface area contributed by atoms with Gasteiger partial charge in [0.15, 0.2) is 23.0 Å². The Labute approximate surface area is 188 Å². The first-order valence-corrected chi connectivity index (χ1v) is 10.1. The van der Waals surface area contributed by atoms with Gasteiger partial charge in [-0.1, -0.05) is 24.3 Å². The van der Waals surface area contributed by atoms with Crippen molar-refractivity contribution in [2.24, 2.45) is 5.10 Å². The van der Waals surface area contributed by atoms with Gasteiger partial charge in [-0.25, -0.2) is 10.2 Å². The Morgan fingerprint density at radius 2 is 1.67 bits per heavy atom. The third kappa shape index (κ3) is 4.42. The third-order valence-corrected chi connectivity index (χ3v) is 4.91. The normalized spacial score (nSPS) is 15.8. The number of rotatable bonds is 5. The number of benzene rings is 3. The highest BCUT2D eigenvalue weighted by Gasteiger charge is 2.27. The zero-order valence-corrected chi connectivity index (χ0v) is 17.2. The minimum absolute atomic E-state index is 0.0715. The molecule has 33 heavy (non-hydrogen) atoms. The molecule has 5 rings (SSSR count). The zero-order valence-electron chi connectivity index (χ0n) is 17.2. The van der Waals surface area contributed by atoms with Crippen molar-refractivity contribution in [2.45, 2.75) is 6.10 Å². The molecular formula is C24H18N2O7. The molecule has 1 atom stereocenters. The number of amides is 1. The molecule has 3 aromatic carbocycles. The van der Waals surface area contributed by atoms with Crippen molar-refractivity contribution in [3.63, 3.8) is 0 Å².